The molecule has 0 aliphatic heterocycles. The van der Waals surface area contributed by atoms with Gasteiger partial charge in [-0.2, -0.15) is 0 Å². The van der Waals surface area contributed by atoms with E-state index in [1.54, 1.807) is 0 Å². The third-order valence-corrected chi connectivity index (χ3v) is 6.58. The fourth-order valence-corrected chi connectivity index (χ4v) is 3.55. The lowest BCUT2D eigenvalue weighted by molar-refractivity contribution is 0.425. The molecule has 0 radical (unpaired) electrons. The number of nitrogens with two attached hydrogens (primary N) is 1. The first-order valence-electron chi connectivity index (χ1n) is 8.47. The average Bonchev–Trinajstić information content (AvgIpc) is 2.60. The van der Waals surface area contributed by atoms with E-state index in [0.717, 1.165) is 55.2 Å². The molecule has 0 spiro atoms. The summed E-state index contributed by atoms with van der Waals surface area (Å²) in [5, 5.41) is 20.0. The van der Waals surface area contributed by atoms with Crippen LogP contribution in [0.5, 0.6) is 0 Å². The van der Waals surface area contributed by atoms with Crippen molar-refractivity contribution in [1.82, 2.24) is 0 Å². The number of anilines is 1. The molecule has 0 aromatic heterocycles. The molecule has 0 unspecified atom stereocenters. The first-order chi connectivity index (χ1) is 11.8. The molecule has 0 saturated heterocycles. The smallest absolute Gasteiger partial charge is 0.423 e. The van der Waals surface area contributed by atoms with Crippen LogP contribution in [0.25, 0.3) is 0 Å². The Hall–Kier alpha value is -1.20. The summed E-state index contributed by atoms with van der Waals surface area (Å²) in [6, 6.07) is 0. The molecule has 3 nitrogen and oxygen atoms in total. The fourth-order valence-electron chi connectivity index (χ4n) is 2.98. The van der Waals surface area contributed by atoms with Gasteiger partial charge in [0.25, 0.3) is 0 Å². The van der Waals surface area contributed by atoms with Gasteiger partial charge in [-0.1, -0.05) is 23.2 Å². The van der Waals surface area contributed by atoms with E-state index in [2.05, 4.69) is 0 Å². The lowest BCUT2D eigenvalue weighted by Gasteiger charge is -2.16. The molecular formula is C20H28BCl2NO2. The van der Waals surface area contributed by atoms with Crippen LogP contribution in [0.2, 0.25) is 10.0 Å². The van der Waals surface area contributed by atoms with E-state index in [0.29, 0.717) is 10.5 Å². The van der Waals surface area contributed by atoms with Gasteiger partial charge < -0.3 is 15.8 Å². The molecule has 0 amide bonds. The van der Waals surface area contributed by atoms with E-state index >= 15 is 0 Å². The highest BCUT2D eigenvalue weighted by atomic mass is 35.5. The molecule has 0 atom stereocenters. The van der Waals surface area contributed by atoms with Gasteiger partial charge in [0, 0.05) is 15.7 Å². The summed E-state index contributed by atoms with van der Waals surface area (Å²) in [6.45, 7) is 15.5. The Kier molecular flexibility index (Phi) is 7.61. The predicted molar refractivity (Wildman–Crippen MR) is 115 cm³/mol. The van der Waals surface area contributed by atoms with Crippen LogP contribution in [0, 0.1) is 55.4 Å². The number of rotatable bonds is 1. The summed E-state index contributed by atoms with van der Waals surface area (Å²) in [5.74, 6) is 0. The molecule has 0 fully saturated rings. The predicted octanol–water partition coefficient (Wildman–Crippen LogP) is 4.41. The Balaban J connectivity index is 0.000000263. The van der Waals surface area contributed by atoms with Crippen LogP contribution in [-0.4, -0.2) is 17.2 Å². The Bertz CT molecular complexity index is 715. The van der Waals surface area contributed by atoms with E-state index in [9.17, 15) is 10.0 Å². The van der Waals surface area contributed by atoms with Crippen molar-refractivity contribution in [3.05, 3.63) is 54.6 Å². The lowest BCUT2D eigenvalue weighted by Crippen LogP contribution is -2.35. The third-order valence-electron chi connectivity index (χ3n) is 5.44. The topological polar surface area (TPSA) is 66.5 Å². The first-order valence-corrected chi connectivity index (χ1v) is 9.23. The molecule has 2 aromatic rings. The van der Waals surface area contributed by atoms with Gasteiger partial charge in [0.15, 0.2) is 0 Å². The largest absolute Gasteiger partial charge is 0.488 e. The average molecular weight is 396 g/mol. The van der Waals surface area contributed by atoms with E-state index in [4.69, 9.17) is 28.9 Å². The Morgan fingerprint density at radius 1 is 0.577 bits per heavy atom. The molecule has 0 aliphatic rings. The first kappa shape index (κ1) is 22.8. The van der Waals surface area contributed by atoms with Crippen molar-refractivity contribution in [2.75, 3.05) is 5.73 Å². The normalized spacial score (nSPS) is 10.5. The Morgan fingerprint density at radius 2 is 0.846 bits per heavy atom. The van der Waals surface area contributed by atoms with E-state index in [-0.39, 0.29) is 0 Å². The van der Waals surface area contributed by atoms with Gasteiger partial charge in [-0.15, -0.1) is 0 Å². The fraction of sp³-hybridized carbons (Fsp3) is 0.400. The van der Waals surface area contributed by atoms with Crippen molar-refractivity contribution in [1.29, 1.82) is 0 Å². The SMILES string of the molecule is Cc1c(C)c(B(O)O)c(C)c(C)c1Cl.Cc1c(C)c(Cl)c(C)c(C)c1N. The monoisotopic (exact) mass is 395 g/mol. The maximum absolute atomic E-state index is 9.24. The lowest BCUT2D eigenvalue weighted by atomic mass is 9.72. The quantitative estimate of drug-likeness (QED) is 0.494. The molecular weight excluding hydrogens is 368 g/mol. The van der Waals surface area contributed by atoms with Gasteiger partial charge in [-0.05, 0) is 105 Å². The second-order valence-corrected chi connectivity index (χ2v) is 7.58. The van der Waals surface area contributed by atoms with E-state index < -0.39 is 7.12 Å². The standard InChI is InChI=1S/C10H14BClO2.C10H14ClN/c1-5-7(3)10(12)8(4)6(2)9(5)11(13)14;1-5-7(3)10(12)8(4)6(2)9(5)11/h13-14H,1-4H3;12H2,1-4H3. The van der Waals surface area contributed by atoms with Gasteiger partial charge >= 0.3 is 7.12 Å². The van der Waals surface area contributed by atoms with Gasteiger partial charge in [-0.3, -0.25) is 0 Å². The van der Waals surface area contributed by atoms with E-state index in [1.807, 2.05) is 55.4 Å². The summed E-state index contributed by atoms with van der Waals surface area (Å²) >= 11 is 12.2. The summed E-state index contributed by atoms with van der Waals surface area (Å²) in [6.07, 6.45) is 0. The summed E-state index contributed by atoms with van der Waals surface area (Å²) in [5.41, 5.74) is 15.3. The minimum absolute atomic E-state index is 0.574. The van der Waals surface area contributed by atoms with Crippen molar-refractivity contribution in [3.63, 3.8) is 0 Å². The highest BCUT2D eigenvalue weighted by Crippen LogP contribution is 2.31. The zero-order valence-corrected chi connectivity index (χ0v) is 18.3. The van der Waals surface area contributed by atoms with Crippen LogP contribution in [0.4, 0.5) is 5.69 Å². The van der Waals surface area contributed by atoms with Crippen molar-refractivity contribution in [3.8, 4) is 0 Å². The molecule has 0 saturated carbocycles. The van der Waals surface area contributed by atoms with Gasteiger partial charge in [0.05, 0.1) is 0 Å². The van der Waals surface area contributed by atoms with Gasteiger partial charge in [0.2, 0.25) is 0 Å². The maximum atomic E-state index is 9.24. The van der Waals surface area contributed by atoms with Crippen LogP contribution >= 0.6 is 23.2 Å². The molecule has 26 heavy (non-hydrogen) atoms. The Labute approximate surface area is 167 Å². The zero-order valence-electron chi connectivity index (χ0n) is 16.8. The molecule has 0 heterocycles. The third kappa shape index (κ3) is 4.20. The summed E-state index contributed by atoms with van der Waals surface area (Å²) in [7, 11) is -1.43. The highest BCUT2D eigenvalue weighted by molar-refractivity contribution is 6.60. The highest BCUT2D eigenvalue weighted by Gasteiger charge is 2.21. The van der Waals surface area contributed by atoms with Crippen LogP contribution in [0.1, 0.15) is 44.5 Å². The van der Waals surface area contributed by atoms with Gasteiger partial charge in [0.1, 0.15) is 0 Å². The zero-order chi connectivity index (χ0) is 20.5. The minimum Gasteiger partial charge on any atom is -0.423 e. The van der Waals surface area contributed by atoms with Crippen molar-refractivity contribution >= 4 is 41.5 Å². The second kappa shape index (κ2) is 8.66. The number of benzene rings is 2. The van der Waals surface area contributed by atoms with Crippen LogP contribution < -0.4 is 11.2 Å². The molecule has 2 rings (SSSR count). The summed E-state index contributed by atoms with van der Waals surface area (Å²) < 4.78 is 0. The van der Waals surface area contributed by atoms with Gasteiger partial charge in [-0.25, -0.2) is 0 Å². The number of hydrogen-bond acceptors (Lipinski definition) is 3. The van der Waals surface area contributed by atoms with Crippen LogP contribution in [0.3, 0.4) is 0 Å². The van der Waals surface area contributed by atoms with Crippen molar-refractivity contribution < 1.29 is 10.0 Å². The molecule has 2 aromatic carbocycles. The van der Waals surface area contributed by atoms with Crippen molar-refractivity contribution in [2.45, 2.75) is 55.4 Å². The second-order valence-electron chi connectivity index (χ2n) is 6.83. The molecule has 142 valence electrons. The number of nitrogen functional groups attached to an aromatic ring is 1. The summed E-state index contributed by atoms with van der Waals surface area (Å²) in [4.78, 5) is 0. The minimum atomic E-state index is -1.43. The number of halogens is 2. The number of hydrogen-bond donors (Lipinski definition) is 3. The molecule has 0 aliphatic carbocycles. The van der Waals surface area contributed by atoms with Crippen molar-refractivity contribution in [2.24, 2.45) is 0 Å². The maximum Gasteiger partial charge on any atom is 0.488 e. The van der Waals surface area contributed by atoms with E-state index in [1.165, 1.54) is 0 Å². The Morgan fingerprint density at radius 3 is 1.12 bits per heavy atom. The molecule has 0 bridgehead atoms. The molecule has 6 heteroatoms. The van der Waals surface area contributed by atoms with Crippen LogP contribution in [0.15, 0.2) is 0 Å². The van der Waals surface area contributed by atoms with Crippen LogP contribution in [-0.2, 0) is 0 Å². The molecule has 4 N–H and O–H groups in total.